The van der Waals surface area contributed by atoms with Crippen LogP contribution in [-0.2, 0) is 0 Å². The van der Waals surface area contributed by atoms with Crippen LogP contribution in [0.4, 0.5) is 0 Å². The SMILES string of the molecule is COc1ccc2cc(C(=O)CC(C)C)ccc2c1. The van der Waals surface area contributed by atoms with E-state index in [0.717, 1.165) is 22.1 Å². The van der Waals surface area contributed by atoms with Crippen LogP contribution in [0.15, 0.2) is 36.4 Å². The highest BCUT2D eigenvalue weighted by molar-refractivity contribution is 6.00. The third-order valence-electron chi connectivity index (χ3n) is 2.96. The molecule has 2 aromatic rings. The van der Waals surface area contributed by atoms with Gasteiger partial charge in [-0.15, -0.1) is 0 Å². The summed E-state index contributed by atoms with van der Waals surface area (Å²) in [7, 11) is 1.65. The zero-order valence-electron chi connectivity index (χ0n) is 11.1. The maximum atomic E-state index is 12.0. The number of Topliss-reactive ketones (excluding diaryl/α,β-unsaturated/α-hetero) is 1. The predicted molar refractivity (Wildman–Crippen MR) is 74.3 cm³/mol. The number of fused-ring (bicyclic) bond motifs is 1. The molecule has 0 aromatic heterocycles. The Morgan fingerprint density at radius 3 is 2.44 bits per heavy atom. The van der Waals surface area contributed by atoms with E-state index in [0.29, 0.717) is 12.3 Å². The summed E-state index contributed by atoms with van der Waals surface area (Å²) in [5, 5.41) is 2.17. The van der Waals surface area contributed by atoms with E-state index in [2.05, 4.69) is 13.8 Å². The predicted octanol–water partition coefficient (Wildman–Crippen LogP) is 4.08. The van der Waals surface area contributed by atoms with Crippen molar-refractivity contribution in [3.8, 4) is 5.75 Å². The Balaban J connectivity index is 2.36. The molecule has 2 rings (SSSR count). The number of carbonyl (C=O) groups is 1. The summed E-state index contributed by atoms with van der Waals surface area (Å²) in [6.45, 7) is 4.12. The second-order valence-corrected chi connectivity index (χ2v) is 4.95. The summed E-state index contributed by atoms with van der Waals surface area (Å²) in [5.41, 5.74) is 0.793. The molecule has 0 heterocycles. The molecule has 0 aliphatic carbocycles. The second-order valence-electron chi connectivity index (χ2n) is 4.95. The van der Waals surface area contributed by atoms with Gasteiger partial charge in [-0.2, -0.15) is 0 Å². The molecule has 0 aliphatic heterocycles. The number of ether oxygens (including phenoxy) is 1. The van der Waals surface area contributed by atoms with Gasteiger partial charge in [0.05, 0.1) is 7.11 Å². The Morgan fingerprint density at radius 2 is 1.78 bits per heavy atom. The standard InChI is InChI=1S/C16H18O2/c1-11(2)8-16(17)14-5-4-13-10-15(18-3)7-6-12(13)9-14/h4-7,9-11H,8H2,1-3H3. The van der Waals surface area contributed by atoms with E-state index >= 15 is 0 Å². The van der Waals surface area contributed by atoms with Crippen LogP contribution in [0.2, 0.25) is 0 Å². The fourth-order valence-electron chi connectivity index (χ4n) is 2.01. The maximum absolute atomic E-state index is 12.0. The summed E-state index contributed by atoms with van der Waals surface area (Å²) in [4.78, 5) is 12.0. The average Bonchev–Trinajstić information content (AvgIpc) is 2.36. The molecule has 0 atom stereocenters. The van der Waals surface area contributed by atoms with Gasteiger partial charge in [0.25, 0.3) is 0 Å². The van der Waals surface area contributed by atoms with Gasteiger partial charge in [0.1, 0.15) is 5.75 Å². The zero-order chi connectivity index (χ0) is 13.1. The smallest absolute Gasteiger partial charge is 0.163 e. The van der Waals surface area contributed by atoms with Gasteiger partial charge in [-0.25, -0.2) is 0 Å². The van der Waals surface area contributed by atoms with Crippen LogP contribution in [0, 0.1) is 5.92 Å². The Labute approximate surface area is 108 Å². The molecule has 0 fully saturated rings. The van der Waals surface area contributed by atoms with Crippen molar-refractivity contribution in [3.63, 3.8) is 0 Å². The van der Waals surface area contributed by atoms with Crippen molar-refractivity contribution >= 4 is 16.6 Å². The van der Waals surface area contributed by atoms with Crippen molar-refractivity contribution in [1.82, 2.24) is 0 Å². The first-order valence-electron chi connectivity index (χ1n) is 6.21. The fourth-order valence-corrected chi connectivity index (χ4v) is 2.01. The molecule has 0 bridgehead atoms. The van der Waals surface area contributed by atoms with Crippen molar-refractivity contribution in [1.29, 1.82) is 0 Å². The molecule has 2 nitrogen and oxygen atoms in total. The first-order chi connectivity index (χ1) is 8.60. The molecule has 0 unspecified atom stereocenters. The number of rotatable bonds is 4. The third kappa shape index (κ3) is 2.70. The Hall–Kier alpha value is -1.83. The van der Waals surface area contributed by atoms with Crippen LogP contribution in [-0.4, -0.2) is 12.9 Å². The van der Waals surface area contributed by atoms with Crippen molar-refractivity contribution in [2.24, 2.45) is 5.92 Å². The number of methoxy groups -OCH3 is 1. The Bertz CT molecular complexity index is 570. The summed E-state index contributed by atoms with van der Waals surface area (Å²) in [6.07, 6.45) is 0.599. The quantitative estimate of drug-likeness (QED) is 0.755. The number of ketones is 1. The number of carbonyl (C=O) groups excluding carboxylic acids is 1. The van der Waals surface area contributed by atoms with Gasteiger partial charge < -0.3 is 4.74 Å². The summed E-state index contributed by atoms with van der Waals surface area (Å²) in [6, 6.07) is 11.7. The molecule has 0 saturated heterocycles. The highest BCUT2D eigenvalue weighted by atomic mass is 16.5. The number of hydrogen-bond donors (Lipinski definition) is 0. The molecular formula is C16H18O2. The van der Waals surface area contributed by atoms with Crippen LogP contribution in [0.1, 0.15) is 30.6 Å². The van der Waals surface area contributed by atoms with Gasteiger partial charge in [-0.1, -0.05) is 32.0 Å². The number of hydrogen-bond acceptors (Lipinski definition) is 2. The van der Waals surface area contributed by atoms with Gasteiger partial charge in [0.15, 0.2) is 5.78 Å². The molecule has 0 aliphatic rings. The molecule has 0 saturated carbocycles. The highest BCUT2D eigenvalue weighted by Gasteiger charge is 2.08. The molecule has 18 heavy (non-hydrogen) atoms. The molecule has 0 amide bonds. The van der Waals surface area contributed by atoms with Gasteiger partial charge in [0, 0.05) is 12.0 Å². The van der Waals surface area contributed by atoms with E-state index in [1.807, 2.05) is 36.4 Å². The van der Waals surface area contributed by atoms with Crippen LogP contribution in [0.25, 0.3) is 10.8 Å². The van der Waals surface area contributed by atoms with Crippen molar-refractivity contribution < 1.29 is 9.53 Å². The molecular weight excluding hydrogens is 224 g/mol. The monoisotopic (exact) mass is 242 g/mol. The van der Waals surface area contributed by atoms with Gasteiger partial charge in [-0.05, 0) is 34.9 Å². The summed E-state index contributed by atoms with van der Waals surface area (Å²) >= 11 is 0. The molecule has 0 radical (unpaired) electrons. The lowest BCUT2D eigenvalue weighted by Crippen LogP contribution is -2.03. The summed E-state index contributed by atoms with van der Waals surface area (Å²) in [5.74, 6) is 1.44. The van der Waals surface area contributed by atoms with Crippen molar-refractivity contribution in [2.75, 3.05) is 7.11 Å². The van der Waals surface area contributed by atoms with Crippen LogP contribution in [0.3, 0.4) is 0 Å². The average molecular weight is 242 g/mol. The second kappa shape index (κ2) is 5.21. The van der Waals surface area contributed by atoms with E-state index in [-0.39, 0.29) is 5.78 Å². The van der Waals surface area contributed by atoms with Crippen molar-refractivity contribution in [3.05, 3.63) is 42.0 Å². The van der Waals surface area contributed by atoms with Gasteiger partial charge in [0.2, 0.25) is 0 Å². The highest BCUT2D eigenvalue weighted by Crippen LogP contribution is 2.22. The topological polar surface area (TPSA) is 26.3 Å². The minimum absolute atomic E-state index is 0.211. The van der Waals surface area contributed by atoms with Crippen LogP contribution < -0.4 is 4.74 Å². The summed E-state index contributed by atoms with van der Waals surface area (Å²) < 4.78 is 5.19. The Kier molecular flexibility index (Phi) is 3.66. The molecule has 0 spiro atoms. The number of benzene rings is 2. The Morgan fingerprint density at radius 1 is 1.11 bits per heavy atom. The lowest BCUT2D eigenvalue weighted by atomic mass is 9.98. The molecule has 2 aromatic carbocycles. The van der Waals surface area contributed by atoms with Gasteiger partial charge >= 0.3 is 0 Å². The molecule has 2 heteroatoms. The first-order valence-corrected chi connectivity index (χ1v) is 6.21. The normalized spacial score (nSPS) is 10.9. The maximum Gasteiger partial charge on any atom is 0.163 e. The fraction of sp³-hybridized carbons (Fsp3) is 0.312. The third-order valence-corrected chi connectivity index (χ3v) is 2.96. The largest absolute Gasteiger partial charge is 0.497 e. The first kappa shape index (κ1) is 12.6. The minimum atomic E-state index is 0.211. The van der Waals surface area contributed by atoms with Crippen molar-refractivity contribution in [2.45, 2.75) is 20.3 Å². The van der Waals surface area contributed by atoms with E-state index in [4.69, 9.17) is 4.74 Å². The van der Waals surface area contributed by atoms with Crippen LogP contribution in [0.5, 0.6) is 5.75 Å². The van der Waals surface area contributed by atoms with E-state index in [9.17, 15) is 4.79 Å². The minimum Gasteiger partial charge on any atom is -0.497 e. The molecule has 94 valence electrons. The lowest BCUT2D eigenvalue weighted by molar-refractivity contribution is 0.0968. The zero-order valence-corrected chi connectivity index (χ0v) is 11.1. The van der Waals surface area contributed by atoms with Crippen LogP contribution >= 0.6 is 0 Å². The van der Waals surface area contributed by atoms with E-state index in [1.165, 1.54) is 0 Å². The van der Waals surface area contributed by atoms with E-state index in [1.54, 1.807) is 7.11 Å². The molecule has 0 N–H and O–H groups in total. The lowest BCUT2D eigenvalue weighted by Gasteiger charge is -2.06. The van der Waals surface area contributed by atoms with Gasteiger partial charge in [-0.3, -0.25) is 4.79 Å². The van der Waals surface area contributed by atoms with E-state index < -0.39 is 0 Å².